The van der Waals surface area contributed by atoms with Gasteiger partial charge in [-0.15, -0.1) is 0 Å². The van der Waals surface area contributed by atoms with E-state index in [-0.39, 0.29) is 0 Å². The lowest BCUT2D eigenvalue weighted by Crippen LogP contribution is -2.47. The summed E-state index contributed by atoms with van der Waals surface area (Å²) in [7, 11) is -1.46. The van der Waals surface area contributed by atoms with Crippen molar-refractivity contribution < 1.29 is 17.9 Å². The molecule has 0 spiro atoms. The third-order valence-corrected chi connectivity index (χ3v) is 5.97. The predicted molar refractivity (Wildman–Crippen MR) is 105 cm³/mol. The molecule has 1 saturated heterocycles. The summed E-state index contributed by atoms with van der Waals surface area (Å²) >= 11 is 0. The Morgan fingerprint density at radius 2 is 1.63 bits per heavy atom. The summed E-state index contributed by atoms with van der Waals surface area (Å²) in [4.78, 5) is 2.25. The fourth-order valence-electron chi connectivity index (χ4n) is 3.14. The first kappa shape index (κ1) is 19.7. The molecule has 27 heavy (non-hydrogen) atoms. The summed E-state index contributed by atoms with van der Waals surface area (Å²) in [6.45, 7) is 3.77. The average Bonchev–Trinajstić information content (AvgIpc) is 2.67. The molecular formula is C20H26N2O4S. The second-order valence-corrected chi connectivity index (χ2v) is 8.68. The van der Waals surface area contributed by atoms with Crippen LogP contribution in [0, 0.1) is 0 Å². The van der Waals surface area contributed by atoms with Crippen LogP contribution in [-0.4, -0.2) is 57.2 Å². The third-order valence-electron chi connectivity index (χ3n) is 4.67. The van der Waals surface area contributed by atoms with Crippen LogP contribution in [0.1, 0.15) is 11.1 Å². The highest BCUT2D eigenvalue weighted by molar-refractivity contribution is 7.88. The van der Waals surface area contributed by atoms with Crippen molar-refractivity contribution in [2.45, 2.75) is 13.2 Å². The minimum Gasteiger partial charge on any atom is -0.493 e. The van der Waals surface area contributed by atoms with Gasteiger partial charge in [-0.05, 0) is 23.3 Å². The van der Waals surface area contributed by atoms with Crippen molar-refractivity contribution in [3.63, 3.8) is 0 Å². The van der Waals surface area contributed by atoms with E-state index in [1.54, 1.807) is 7.11 Å². The van der Waals surface area contributed by atoms with E-state index < -0.39 is 10.0 Å². The van der Waals surface area contributed by atoms with Crippen LogP contribution in [0.15, 0.2) is 48.5 Å². The summed E-state index contributed by atoms with van der Waals surface area (Å²) in [5.41, 5.74) is 2.22. The van der Waals surface area contributed by atoms with E-state index in [1.807, 2.05) is 48.5 Å². The fraction of sp³-hybridized carbons (Fsp3) is 0.400. The van der Waals surface area contributed by atoms with E-state index in [2.05, 4.69) is 4.90 Å². The summed E-state index contributed by atoms with van der Waals surface area (Å²) in [6, 6.07) is 16.0. The maximum absolute atomic E-state index is 11.6. The number of hydrogen-bond donors (Lipinski definition) is 0. The number of hydrogen-bond acceptors (Lipinski definition) is 5. The van der Waals surface area contributed by atoms with Crippen LogP contribution in [0.25, 0.3) is 0 Å². The Kier molecular flexibility index (Phi) is 6.36. The lowest BCUT2D eigenvalue weighted by Gasteiger charge is -2.33. The molecule has 146 valence electrons. The zero-order chi connectivity index (χ0) is 19.3. The highest BCUT2D eigenvalue weighted by atomic mass is 32.2. The van der Waals surface area contributed by atoms with Crippen molar-refractivity contribution in [1.82, 2.24) is 9.21 Å². The van der Waals surface area contributed by atoms with E-state index in [1.165, 1.54) is 10.6 Å². The number of benzene rings is 2. The number of sulfonamides is 1. The molecule has 2 aromatic rings. The molecule has 6 nitrogen and oxygen atoms in total. The van der Waals surface area contributed by atoms with Crippen LogP contribution in [-0.2, 0) is 23.2 Å². The van der Waals surface area contributed by atoms with Crippen molar-refractivity contribution in [3.8, 4) is 11.5 Å². The maximum atomic E-state index is 11.6. The molecule has 0 amide bonds. The fourth-order valence-corrected chi connectivity index (χ4v) is 3.97. The molecule has 2 aromatic carbocycles. The Hall–Kier alpha value is -2.09. The zero-order valence-electron chi connectivity index (χ0n) is 15.8. The van der Waals surface area contributed by atoms with Gasteiger partial charge in [0, 0.05) is 32.7 Å². The second-order valence-electron chi connectivity index (χ2n) is 6.70. The van der Waals surface area contributed by atoms with Crippen LogP contribution in [0.3, 0.4) is 0 Å². The molecule has 0 aromatic heterocycles. The number of piperazine rings is 1. The SMILES string of the molecule is COc1cc(CN2CCN(S(C)(=O)=O)CC2)ccc1OCc1ccccc1. The maximum Gasteiger partial charge on any atom is 0.211 e. The van der Waals surface area contributed by atoms with E-state index in [9.17, 15) is 8.42 Å². The van der Waals surface area contributed by atoms with Crippen molar-refractivity contribution in [2.75, 3.05) is 39.5 Å². The van der Waals surface area contributed by atoms with Gasteiger partial charge in [0.25, 0.3) is 0 Å². The largest absolute Gasteiger partial charge is 0.493 e. The van der Waals surface area contributed by atoms with Crippen LogP contribution >= 0.6 is 0 Å². The monoisotopic (exact) mass is 390 g/mol. The lowest BCUT2D eigenvalue weighted by molar-refractivity contribution is 0.182. The Bertz CT molecular complexity index is 848. The highest BCUT2D eigenvalue weighted by Gasteiger charge is 2.23. The minimum absolute atomic E-state index is 0.490. The van der Waals surface area contributed by atoms with Gasteiger partial charge in [-0.25, -0.2) is 8.42 Å². The van der Waals surface area contributed by atoms with Gasteiger partial charge in [0.2, 0.25) is 10.0 Å². The van der Waals surface area contributed by atoms with Gasteiger partial charge in [0.05, 0.1) is 13.4 Å². The molecule has 1 fully saturated rings. The summed E-state index contributed by atoms with van der Waals surface area (Å²) in [6.07, 6.45) is 1.27. The Morgan fingerprint density at radius 1 is 0.926 bits per heavy atom. The van der Waals surface area contributed by atoms with Crippen LogP contribution in [0.5, 0.6) is 11.5 Å². The topological polar surface area (TPSA) is 59.1 Å². The van der Waals surface area contributed by atoms with Crippen molar-refractivity contribution >= 4 is 10.0 Å². The predicted octanol–water partition coefficient (Wildman–Crippen LogP) is 2.35. The molecule has 1 aliphatic heterocycles. The van der Waals surface area contributed by atoms with Crippen LogP contribution in [0.2, 0.25) is 0 Å². The molecule has 1 heterocycles. The Balaban J connectivity index is 1.59. The Morgan fingerprint density at radius 3 is 2.26 bits per heavy atom. The van der Waals surface area contributed by atoms with Gasteiger partial charge in [0.15, 0.2) is 11.5 Å². The van der Waals surface area contributed by atoms with Crippen molar-refractivity contribution in [3.05, 3.63) is 59.7 Å². The normalized spacial score (nSPS) is 16.2. The number of nitrogens with zero attached hydrogens (tertiary/aromatic N) is 2. The van der Waals surface area contributed by atoms with E-state index in [0.29, 0.717) is 31.2 Å². The van der Waals surface area contributed by atoms with Crippen LogP contribution in [0.4, 0.5) is 0 Å². The molecule has 0 aliphatic carbocycles. The number of rotatable bonds is 7. The molecule has 0 bridgehead atoms. The molecule has 0 N–H and O–H groups in total. The van der Waals surface area contributed by atoms with Gasteiger partial charge < -0.3 is 9.47 Å². The molecule has 0 saturated carbocycles. The average molecular weight is 391 g/mol. The number of methoxy groups -OCH3 is 1. The standard InChI is InChI=1S/C20H26N2O4S/c1-25-20-14-18(15-21-10-12-22(13-11-21)27(2,23)24)8-9-19(20)26-16-17-6-4-3-5-7-17/h3-9,14H,10-13,15-16H2,1-2H3. The van der Waals surface area contributed by atoms with Gasteiger partial charge >= 0.3 is 0 Å². The molecular weight excluding hydrogens is 364 g/mol. The summed E-state index contributed by atoms with van der Waals surface area (Å²) in [5.74, 6) is 1.42. The first-order valence-electron chi connectivity index (χ1n) is 8.97. The van der Waals surface area contributed by atoms with E-state index in [4.69, 9.17) is 9.47 Å². The first-order chi connectivity index (χ1) is 13.0. The smallest absolute Gasteiger partial charge is 0.211 e. The molecule has 1 aliphatic rings. The quantitative estimate of drug-likeness (QED) is 0.726. The first-order valence-corrected chi connectivity index (χ1v) is 10.8. The molecule has 0 atom stereocenters. The van der Waals surface area contributed by atoms with Gasteiger partial charge in [-0.3, -0.25) is 4.90 Å². The minimum atomic E-state index is -3.10. The van der Waals surface area contributed by atoms with Gasteiger partial charge in [0.1, 0.15) is 6.61 Å². The molecule has 0 radical (unpaired) electrons. The van der Waals surface area contributed by atoms with Gasteiger partial charge in [-0.2, -0.15) is 4.31 Å². The Labute approximate surface area is 161 Å². The van der Waals surface area contributed by atoms with Gasteiger partial charge in [-0.1, -0.05) is 36.4 Å². The van der Waals surface area contributed by atoms with Crippen molar-refractivity contribution in [1.29, 1.82) is 0 Å². The van der Waals surface area contributed by atoms with Crippen LogP contribution < -0.4 is 9.47 Å². The summed E-state index contributed by atoms with van der Waals surface area (Å²) in [5, 5.41) is 0. The van der Waals surface area contributed by atoms with Crippen molar-refractivity contribution in [2.24, 2.45) is 0 Å². The van der Waals surface area contributed by atoms with E-state index >= 15 is 0 Å². The molecule has 0 unspecified atom stereocenters. The zero-order valence-corrected chi connectivity index (χ0v) is 16.6. The lowest BCUT2D eigenvalue weighted by atomic mass is 10.1. The highest BCUT2D eigenvalue weighted by Crippen LogP contribution is 2.29. The number of ether oxygens (including phenoxy) is 2. The third kappa shape index (κ3) is 5.45. The molecule has 7 heteroatoms. The summed E-state index contributed by atoms with van der Waals surface area (Å²) < 4.78 is 36.2. The molecule has 3 rings (SSSR count). The van der Waals surface area contributed by atoms with E-state index in [0.717, 1.165) is 30.8 Å². The second kappa shape index (κ2) is 8.73.